The maximum atomic E-state index is 11.0. The van der Waals surface area contributed by atoms with Crippen LogP contribution >= 0.6 is 0 Å². The summed E-state index contributed by atoms with van der Waals surface area (Å²) in [5.74, 6) is -2.41. The zero-order valence-corrected chi connectivity index (χ0v) is 7.47. The molecule has 0 aromatic carbocycles. The molecule has 0 atom stereocenters. The van der Waals surface area contributed by atoms with Gasteiger partial charge in [0.05, 0.1) is 0 Å². The first-order chi connectivity index (χ1) is 6.52. The molecule has 1 aliphatic rings. The molecule has 1 heterocycles. The number of nitrogens with zero attached hydrogens (tertiary/aromatic N) is 2. The van der Waals surface area contributed by atoms with Crippen LogP contribution < -0.4 is 5.73 Å². The van der Waals surface area contributed by atoms with Crippen LogP contribution in [0.25, 0.3) is 0 Å². The molecule has 1 rings (SSSR count). The van der Waals surface area contributed by atoms with E-state index in [0.29, 0.717) is 0 Å². The van der Waals surface area contributed by atoms with E-state index >= 15 is 0 Å². The summed E-state index contributed by atoms with van der Waals surface area (Å²) in [5, 5.41) is 8.41. The lowest BCUT2D eigenvalue weighted by Gasteiger charge is -2.32. The van der Waals surface area contributed by atoms with Crippen molar-refractivity contribution >= 4 is 17.9 Å². The smallest absolute Gasteiger partial charge is 0.394 e. The van der Waals surface area contributed by atoms with E-state index in [1.807, 2.05) is 0 Å². The largest absolute Gasteiger partial charge is 0.474 e. The molecule has 78 valence electrons. The number of urea groups is 1. The van der Waals surface area contributed by atoms with E-state index in [-0.39, 0.29) is 26.2 Å². The van der Waals surface area contributed by atoms with Crippen molar-refractivity contribution in [2.75, 3.05) is 26.2 Å². The van der Waals surface area contributed by atoms with Gasteiger partial charge in [0.25, 0.3) is 0 Å². The first-order valence-electron chi connectivity index (χ1n) is 4.09. The monoisotopic (exact) mass is 201 g/mol. The Hall–Kier alpha value is -1.79. The van der Waals surface area contributed by atoms with Crippen LogP contribution in [0.3, 0.4) is 0 Å². The second-order valence-corrected chi connectivity index (χ2v) is 2.92. The molecule has 0 unspecified atom stereocenters. The molecule has 0 aromatic heterocycles. The Bertz CT molecular complexity index is 270. The molecule has 0 aromatic rings. The van der Waals surface area contributed by atoms with E-state index in [0.717, 1.165) is 0 Å². The minimum Gasteiger partial charge on any atom is -0.474 e. The summed E-state index contributed by atoms with van der Waals surface area (Å²) in [7, 11) is 0. The van der Waals surface area contributed by atoms with Gasteiger partial charge >= 0.3 is 17.9 Å². The van der Waals surface area contributed by atoms with Gasteiger partial charge in [-0.1, -0.05) is 0 Å². The number of piperazine rings is 1. The van der Waals surface area contributed by atoms with Crippen LogP contribution in [-0.2, 0) is 9.59 Å². The van der Waals surface area contributed by atoms with E-state index in [1.165, 1.54) is 9.80 Å². The standard InChI is InChI=1S/C7H11N3O4/c8-7(14)10-3-1-9(2-4-10)5(11)6(12)13/h1-4H2,(H2,8,14)(H,12,13). The number of carboxylic acid groups (broad SMARTS) is 1. The Morgan fingerprint density at radius 2 is 1.43 bits per heavy atom. The molecular formula is C7H11N3O4. The molecule has 14 heavy (non-hydrogen) atoms. The van der Waals surface area contributed by atoms with Gasteiger partial charge < -0.3 is 20.6 Å². The van der Waals surface area contributed by atoms with Crippen LogP contribution in [0.15, 0.2) is 0 Å². The molecular weight excluding hydrogens is 190 g/mol. The zero-order chi connectivity index (χ0) is 10.7. The molecule has 7 heteroatoms. The van der Waals surface area contributed by atoms with Crippen LogP contribution in [0, 0.1) is 0 Å². The minimum atomic E-state index is -1.47. The van der Waals surface area contributed by atoms with E-state index in [9.17, 15) is 14.4 Å². The van der Waals surface area contributed by atoms with Gasteiger partial charge in [-0.25, -0.2) is 9.59 Å². The highest BCUT2D eigenvalue weighted by Gasteiger charge is 2.26. The number of nitrogens with two attached hydrogens (primary N) is 1. The van der Waals surface area contributed by atoms with Crippen LogP contribution in [0.5, 0.6) is 0 Å². The molecule has 3 amide bonds. The summed E-state index contributed by atoms with van der Waals surface area (Å²) < 4.78 is 0. The lowest BCUT2D eigenvalue weighted by Crippen LogP contribution is -2.53. The number of carbonyl (C=O) groups is 3. The van der Waals surface area contributed by atoms with Crippen molar-refractivity contribution in [3.05, 3.63) is 0 Å². The Labute approximate surface area is 80.1 Å². The van der Waals surface area contributed by atoms with Crippen molar-refractivity contribution in [1.29, 1.82) is 0 Å². The molecule has 0 saturated carbocycles. The third kappa shape index (κ3) is 2.12. The zero-order valence-electron chi connectivity index (χ0n) is 7.47. The van der Waals surface area contributed by atoms with Gasteiger partial charge in [0.1, 0.15) is 0 Å². The molecule has 0 spiro atoms. The van der Waals surface area contributed by atoms with Crippen molar-refractivity contribution < 1.29 is 19.5 Å². The molecule has 1 aliphatic heterocycles. The second kappa shape index (κ2) is 3.95. The highest BCUT2D eigenvalue weighted by atomic mass is 16.4. The molecule has 0 bridgehead atoms. The van der Waals surface area contributed by atoms with Gasteiger partial charge in [0.2, 0.25) is 0 Å². The number of aliphatic carboxylic acids is 1. The highest BCUT2D eigenvalue weighted by molar-refractivity contribution is 6.31. The molecule has 1 fully saturated rings. The van der Waals surface area contributed by atoms with E-state index in [2.05, 4.69) is 0 Å². The Kier molecular flexibility index (Phi) is 2.90. The lowest BCUT2D eigenvalue weighted by atomic mass is 10.3. The van der Waals surface area contributed by atoms with E-state index in [1.54, 1.807) is 0 Å². The Morgan fingerprint density at radius 1 is 1.00 bits per heavy atom. The van der Waals surface area contributed by atoms with E-state index in [4.69, 9.17) is 10.8 Å². The number of primary amides is 1. The van der Waals surface area contributed by atoms with Crippen LogP contribution in [-0.4, -0.2) is 59.0 Å². The molecule has 1 saturated heterocycles. The molecule has 0 aliphatic carbocycles. The number of rotatable bonds is 0. The number of hydrogen-bond donors (Lipinski definition) is 2. The predicted octanol–water partition coefficient (Wildman–Crippen LogP) is -1.71. The number of amides is 3. The van der Waals surface area contributed by atoms with Crippen molar-refractivity contribution in [2.45, 2.75) is 0 Å². The summed E-state index contributed by atoms with van der Waals surface area (Å²) >= 11 is 0. The van der Waals surface area contributed by atoms with Gasteiger partial charge in [-0.3, -0.25) is 4.79 Å². The van der Waals surface area contributed by atoms with Crippen molar-refractivity contribution in [2.24, 2.45) is 5.73 Å². The second-order valence-electron chi connectivity index (χ2n) is 2.92. The van der Waals surface area contributed by atoms with Gasteiger partial charge in [0, 0.05) is 26.2 Å². The maximum absolute atomic E-state index is 11.0. The van der Waals surface area contributed by atoms with Crippen LogP contribution in [0.1, 0.15) is 0 Å². The van der Waals surface area contributed by atoms with E-state index < -0.39 is 17.9 Å². The SMILES string of the molecule is NC(=O)N1CCN(C(=O)C(=O)O)CC1. The third-order valence-electron chi connectivity index (χ3n) is 2.06. The van der Waals surface area contributed by atoms with Crippen molar-refractivity contribution in [3.8, 4) is 0 Å². The Morgan fingerprint density at radius 3 is 1.79 bits per heavy atom. The lowest BCUT2D eigenvalue weighted by molar-refractivity contribution is -0.156. The fourth-order valence-electron chi connectivity index (χ4n) is 1.27. The van der Waals surface area contributed by atoms with Gasteiger partial charge in [0.15, 0.2) is 0 Å². The predicted molar refractivity (Wildman–Crippen MR) is 45.4 cm³/mol. The van der Waals surface area contributed by atoms with Crippen LogP contribution in [0.4, 0.5) is 4.79 Å². The minimum absolute atomic E-state index is 0.216. The topological polar surface area (TPSA) is 104 Å². The quantitative estimate of drug-likeness (QED) is 0.455. The third-order valence-corrected chi connectivity index (χ3v) is 2.06. The van der Waals surface area contributed by atoms with Crippen molar-refractivity contribution in [3.63, 3.8) is 0 Å². The molecule has 3 N–H and O–H groups in total. The Balaban J connectivity index is 2.47. The van der Waals surface area contributed by atoms with Crippen LogP contribution in [0.2, 0.25) is 0 Å². The summed E-state index contributed by atoms with van der Waals surface area (Å²) in [4.78, 5) is 34.5. The molecule has 0 radical (unpaired) electrons. The van der Waals surface area contributed by atoms with Crippen molar-refractivity contribution in [1.82, 2.24) is 9.80 Å². The van der Waals surface area contributed by atoms with Gasteiger partial charge in [-0.2, -0.15) is 0 Å². The highest BCUT2D eigenvalue weighted by Crippen LogP contribution is 2.01. The fraction of sp³-hybridized carbons (Fsp3) is 0.571. The summed E-state index contributed by atoms with van der Waals surface area (Å²) in [6.07, 6.45) is 0. The first kappa shape index (κ1) is 10.3. The van der Waals surface area contributed by atoms with Gasteiger partial charge in [-0.15, -0.1) is 0 Å². The number of carbonyl (C=O) groups excluding carboxylic acids is 2. The number of carboxylic acids is 1. The maximum Gasteiger partial charge on any atom is 0.394 e. The average molecular weight is 201 g/mol. The normalized spacial score (nSPS) is 16.6. The molecule has 7 nitrogen and oxygen atoms in total. The summed E-state index contributed by atoms with van der Waals surface area (Å²) in [6.45, 7) is 1.00. The first-order valence-corrected chi connectivity index (χ1v) is 4.09. The summed E-state index contributed by atoms with van der Waals surface area (Å²) in [5.41, 5.74) is 5.02. The fourth-order valence-corrected chi connectivity index (χ4v) is 1.27. The van der Waals surface area contributed by atoms with Gasteiger partial charge in [-0.05, 0) is 0 Å². The number of hydrogen-bond acceptors (Lipinski definition) is 3. The summed E-state index contributed by atoms with van der Waals surface area (Å²) in [6, 6.07) is -0.549. The average Bonchev–Trinajstić information content (AvgIpc) is 2.16.